The maximum absolute atomic E-state index is 12.2. The maximum atomic E-state index is 12.2. The summed E-state index contributed by atoms with van der Waals surface area (Å²) in [5, 5.41) is 17.3. The molecule has 1 aliphatic heterocycles. The Morgan fingerprint density at radius 3 is 2.61 bits per heavy atom. The molecule has 1 aliphatic rings. The number of thiophene rings is 1. The zero-order valence-electron chi connectivity index (χ0n) is 15.7. The standard InChI is InChI=1S/C21H24N4O2S/c22-14-17-10-13-28-21(17)24-20(27)15-25-11-8-18(9-12-25)23-19(26)7-6-16-4-2-1-3-5-16/h1-5,10,13,18H,6-9,11-12,15H2,(H,23,26)(H,24,27). The largest absolute Gasteiger partial charge is 0.353 e. The summed E-state index contributed by atoms with van der Waals surface area (Å²) in [7, 11) is 0. The second kappa shape index (κ2) is 10.0. The van der Waals surface area contributed by atoms with Crippen LogP contribution in [0.3, 0.4) is 0 Å². The smallest absolute Gasteiger partial charge is 0.239 e. The van der Waals surface area contributed by atoms with Crippen LogP contribution in [0.1, 0.15) is 30.4 Å². The molecule has 2 heterocycles. The molecule has 2 aromatic rings. The number of nitrogens with zero attached hydrogens (tertiary/aromatic N) is 2. The van der Waals surface area contributed by atoms with Crippen LogP contribution >= 0.6 is 11.3 Å². The lowest BCUT2D eigenvalue weighted by Gasteiger charge is -2.31. The third-order valence-corrected chi connectivity index (χ3v) is 5.67. The maximum Gasteiger partial charge on any atom is 0.239 e. The van der Waals surface area contributed by atoms with Crippen molar-refractivity contribution in [2.24, 2.45) is 0 Å². The third kappa shape index (κ3) is 5.91. The lowest BCUT2D eigenvalue weighted by molar-refractivity contribution is -0.122. The van der Waals surface area contributed by atoms with Crippen LogP contribution in [0.5, 0.6) is 0 Å². The van der Waals surface area contributed by atoms with Crippen molar-refractivity contribution in [3.63, 3.8) is 0 Å². The van der Waals surface area contributed by atoms with E-state index in [1.54, 1.807) is 11.4 Å². The van der Waals surface area contributed by atoms with Gasteiger partial charge in [-0.25, -0.2) is 0 Å². The summed E-state index contributed by atoms with van der Waals surface area (Å²) in [5.74, 6) is -0.0222. The number of piperidine rings is 1. The zero-order chi connectivity index (χ0) is 19.8. The van der Waals surface area contributed by atoms with Gasteiger partial charge < -0.3 is 10.6 Å². The van der Waals surface area contributed by atoms with Crippen molar-refractivity contribution in [3.8, 4) is 6.07 Å². The Balaban J connectivity index is 1.35. The molecule has 0 unspecified atom stereocenters. The van der Waals surface area contributed by atoms with Gasteiger partial charge in [0, 0.05) is 25.6 Å². The van der Waals surface area contributed by atoms with Crippen molar-refractivity contribution in [1.29, 1.82) is 5.26 Å². The number of carbonyl (C=O) groups excluding carboxylic acids is 2. The van der Waals surface area contributed by atoms with Gasteiger partial charge in [-0.3, -0.25) is 14.5 Å². The van der Waals surface area contributed by atoms with Crippen LogP contribution in [0.15, 0.2) is 41.8 Å². The van der Waals surface area contributed by atoms with E-state index in [-0.39, 0.29) is 17.9 Å². The van der Waals surface area contributed by atoms with Gasteiger partial charge in [0.15, 0.2) is 0 Å². The van der Waals surface area contributed by atoms with E-state index in [2.05, 4.69) is 21.6 Å². The molecule has 0 saturated carbocycles. The number of hydrogen-bond donors (Lipinski definition) is 2. The molecule has 3 rings (SSSR count). The van der Waals surface area contributed by atoms with Crippen LogP contribution < -0.4 is 10.6 Å². The Bertz CT molecular complexity index is 836. The predicted octanol–water partition coefficient (Wildman–Crippen LogP) is 2.77. The number of carbonyl (C=O) groups is 2. The summed E-state index contributed by atoms with van der Waals surface area (Å²) >= 11 is 1.35. The van der Waals surface area contributed by atoms with Crippen LogP contribution in [0, 0.1) is 11.3 Å². The summed E-state index contributed by atoms with van der Waals surface area (Å²) in [4.78, 5) is 26.5. The van der Waals surface area contributed by atoms with Crippen LogP contribution in [-0.2, 0) is 16.0 Å². The predicted molar refractivity (Wildman–Crippen MR) is 110 cm³/mol. The summed E-state index contributed by atoms with van der Waals surface area (Å²) in [5.41, 5.74) is 1.67. The molecule has 1 aromatic heterocycles. The number of anilines is 1. The Morgan fingerprint density at radius 1 is 1.14 bits per heavy atom. The fourth-order valence-corrected chi connectivity index (χ4v) is 4.05. The minimum absolute atomic E-state index is 0.0850. The van der Waals surface area contributed by atoms with Crippen LogP contribution in [-0.4, -0.2) is 42.4 Å². The Kier molecular flexibility index (Phi) is 7.18. The number of hydrogen-bond acceptors (Lipinski definition) is 5. The molecule has 0 bridgehead atoms. The molecule has 2 amide bonds. The van der Waals surface area contributed by atoms with Crippen molar-refractivity contribution >= 4 is 28.2 Å². The zero-order valence-corrected chi connectivity index (χ0v) is 16.5. The van der Waals surface area contributed by atoms with E-state index in [1.165, 1.54) is 16.9 Å². The molecule has 0 radical (unpaired) electrons. The molecule has 0 atom stereocenters. The lowest BCUT2D eigenvalue weighted by atomic mass is 10.0. The minimum atomic E-state index is -0.107. The topological polar surface area (TPSA) is 85.2 Å². The highest BCUT2D eigenvalue weighted by Crippen LogP contribution is 2.22. The summed E-state index contributed by atoms with van der Waals surface area (Å²) in [6.45, 7) is 1.84. The van der Waals surface area contributed by atoms with Gasteiger partial charge >= 0.3 is 0 Å². The normalized spacial score (nSPS) is 15.0. The van der Waals surface area contributed by atoms with E-state index >= 15 is 0 Å². The van der Waals surface area contributed by atoms with E-state index in [4.69, 9.17) is 5.26 Å². The van der Waals surface area contributed by atoms with E-state index < -0.39 is 0 Å². The molecule has 1 fully saturated rings. The lowest BCUT2D eigenvalue weighted by Crippen LogP contribution is -2.46. The first-order valence-corrected chi connectivity index (χ1v) is 10.3. The van der Waals surface area contributed by atoms with Gasteiger partial charge in [0.25, 0.3) is 0 Å². The van der Waals surface area contributed by atoms with Crippen LogP contribution in [0.25, 0.3) is 0 Å². The van der Waals surface area contributed by atoms with E-state index in [9.17, 15) is 9.59 Å². The molecule has 1 saturated heterocycles. The van der Waals surface area contributed by atoms with E-state index in [0.29, 0.717) is 23.5 Å². The van der Waals surface area contributed by atoms with Crippen LogP contribution in [0.4, 0.5) is 5.00 Å². The fraction of sp³-hybridized carbons (Fsp3) is 0.381. The highest BCUT2D eigenvalue weighted by Gasteiger charge is 2.22. The molecule has 28 heavy (non-hydrogen) atoms. The molecule has 0 spiro atoms. The Morgan fingerprint density at radius 2 is 1.89 bits per heavy atom. The number of nitrogens with one attached hydrogen (secondary N) is 2. The van der Waals surface area contributed by atoms with Gasteiger partial charge in [-0.2, -0.15) is 5.26 Å². The van der Waals surface area contributed by atoms with Crippen molar-refractivity contribution in [3.05, 3.63) is 52.9 Å². The number of nitriles is 1. The van der Waals surface area contributed by atoms with Gasteiger partial charge in [-0.1, -0.05) is 30.3 Å². The molecule has 7 heteroatoms. The Labute approximate surface area is 169 Å². The average Bonchev–Trinajstić information content (AvgIpc) is 3.15. The van der Waals surface area contributed by atoms with Gasteiger partial charge in [-0.05, 0) is 36.3 Å². The monoisotopic (exact) mass is 396 g/mol. The number of aryl methyl sites for hydroxylation is 1. The summed E-state index contributed by atoms with van der Waals surface area (Å²) in [6.07, 6.45) is 2.92. The number of benzene rings is 1. The van der Waals surface area contributed by atoms with Crippen molar-refractivity contribution in [1.82, 2.24) is 10.2 Å². The van der Waals surface area contributed by atoms with E-state index in [0.717, 1.165) is 32.4 Å². The van der Waals surface area contributed by atoms with Crippen LogP contribution in [0.2, 0.25) is 0 Å². The van der Waals surface area contributed by atoms with Gasteiger partial charge in [0.2, 0.25) is 11.8 Å². The average molecular weight is 397 g/mol. The highest BCUT2D eigenvalue weighted by atomic mass is 32.1. The first-order valence-electron chi connectivity index (χ1n) is 9.47. The number of amides is 2. The molecular formula is C21H24N4O2S. The van der Waals surface area contributed by atoms with Crippen molar-refractivity contribution < 1.29 is 9.59 Å². The number of rotatable bonds is 7. The summed E-state index contributed by atoms with van der Waals surface area (Å²) < 4.78 is 0. The molecule has 0 aliphatic carbocycles. The van der Waals surface area contributed by atoms with Crippen molar-refractivity contribution in [2.75, 3.05) is 25.0 Å². The van der Waals surface area contributed by atoms with Gasteiger partial charge in [-0.15, -0.1) is 11.3 Å². The Hall–Kier alpha value is -2.69. The highest BCUT2D eigenvalue weighted by molar-refractivity contribution is 7.14. The molecule has 1 aromatic carbocycles. The molecule has 6 nitrogen and oxygen atoms in total. The van der Waals surface area contributed by atoms with Crippen molar-refractivity contribution in [2.45, 2.75) is 31.7 Å². The van der Waals surface area contributed by atoms with E-state index in [1.807, 2.05) is 30.3 Å². The summed E-state index contributed by atoms with van der Waals surface area (Å²) in [6, 6.07) is 14.0. The third-order valence-electron chi connectivity index (χ3n) is 4.84. The molecular weight excluding hydrogens is 372 g/mol. The number of likely N-dealkylation sites (tertiary alicyclic amines) is 1. The molecule has 2 N–H and O–H groups in total. The second-order valence-electron chi connectivity index (χ2n) is 6.93. The first-order chi connectivity index (χ1) is 13.6. The SMILES string of the molecule is N#Cc1ccsc1NC(=O)CN1CCC(NC(=O)CCc2ccccc2)CC1. The quantitative estimate of drug-likeness (QED) is 0.754. The van der Waals surface area contributed by atoms with Gasteiger partial charge in [0.1, 0.15) is 11.1 Å². The molecule has 146 valence electrons. The fourth-order valence-electron chi connectivity index (χ4n) is 3.30. The van der Waals surface area contributed by atoms with Gasteiger partial charge in [0.05, 0.1) is 12.1 Å². The second-order valence-corrected chi connectivity index (χ2v) is 7.84. The first kappa shape index (κ1) is 20.1. The minimum Gasteiger partial charge on any atom is -0.353 e.